The maximum absolute atomic E-state index is 11.3. The van der Waals surface area contributed by atoms with Gasteiger partial charge in [-0.05, 0) is 12.5 Å². The summed E-state index contributed by atoms with van der Waals surface area (Å²) in [5.41, 5.74) is 1.88. The second-order valence-corrected chi connectivity index (χ2v) is 6.27. The fourth-order valence-electron chi connectivity index (χ4n) is 2.65. The van der Waals surface area contributed by atoms with Gasteiger partial charge in [0.1, 0.15) is 5.75 Å². The van der Waals surface area contributed by atoms with Gasteiger partial charge in [-0.25, -0.2) is 4.68 Å². The van der Waals surface area contributed by atoms with Gasteiger partial charge in [-0.3, -0.25) is 4.79 Å². The van der Waals surface area contributed by atoms with Crippen LogP contribution in [-0.2, 0) is 18.4 Å². The molecule has 0 bridgehead atoms. The summed E-state index contributed by atoms with van der Waals surface area (Å²) in [6.07, 6.45) is 0.722. The van der Waals surface area contributed by atoms with Gasteiger partial charge in [0.15, 0.2) is 17.0 Å². The van der Waals surface area contributed by atoms with Gasteiger partial charge < -0.3 is 20.5 Å². The lowest BCUT2D eigenvalue weighted by atomic mass is 10.2. The lowest BCUT2D eigenvalue weighted by molar-refractivity contribution is -0.131. The highest BCUT2D eigenvalue weighted by atomic mass is 16.5. The summed E-state index contributed by atoms with van der Waals surface area (Å²) in [6, 6.07) is 7.10. The number of aliphatic hydroxyl groups excluding tert-OH is 1. The molecule has 1 unspecified atom stereocenters. The van der Waals surface area contributed by atoms with Crippen molar-refractivity contribution in [1.29, 1.82) is 0 Å². The monoisotopic (exact) mass is 385 g/mol. The molecule has 0 saturated carbocycles. The van der Waals surface area contributed by atoms with Crippen LogP contribution in [0.4, 0.5) is 11.8 Å². The predicted molar refractivity (Wildman–Crippen MR) is 104 cm³/mol. The Morgan fingerprint density at radius 2 is 2.11 bits per heavy atom. The van der Waals surface area contributed by atoms with Crippen molar-refractivity contribution in [3.63, 3.8) is 0 Å². The van der Waals surface area contributed by atoms with E-state index in [1.54, 1.807) is 23.9 Å². The molecule has 0 saturated heterocycles. The summed E-state index contributed by atoms with van der Waals surface area (Å²) >= 11 is 0. The Balaban J connectivity index is 1.89. The van der Waals surface area contributed by atoms with Crippen molar-refractivity contribution in [3.8, 4) is 5.75 Å². The number of para-hydroxylation sites is 1. The van der Waals surface area contributed by atoms with Crippen LogP contribution in [0.2, 0.25) is 0 Å². The van der Waals surface area contributed by atoms with E-state index < -0.39 is 0 Å². The van der Waals surface area contributed by atoms with E-state index in [1.807, 2.05) is 19.1 Å². The van der Waals surface area contributed by atoms with Gasteiger partial charge in [-0.1, -0.05) is 30.3 Å². The lowest BCUT2D eigenvalue weighted by Gasteiger charge is -2.15. The van der Waals surface area contributed by atoms with E-state index in [4.69, 9.17) is 4.74 Å². The van der Waals surface area contributed by atoms with Gasteiger partial charge >= 0.3 is 5.97 Å². The van der Waals surface area contributed by atoms with Crippen molar-refractivity contribution in [2.45, 2.75) is 32.9 Å². The Bertz CT molecular complexity index is 969. The number of carbonyl (C=O) groups is 1. The van der Waals surface area contributed by atoms with Crippen molar-refractivity contribution < 1.29 is 14.6 Å². The molecular weight excluding hydrogens is 362 g/mol. The van der Waals surface area contributed by atoms with Crippen LogP contribution in [0.5, 0.6) is 5.75 Å². The van der Waals surface area contributed by atoms with Crippen LogP contribution >= 0.6 is 0 Å². The molecule has 0 aliphatic heterocycles. The number of anilines is 2. The van der Waals surface area contributed by atoms with E-state index in [2.05, 4.69) is 30.9 Å². The van der Waals surface area contributed by atoms with Crippen LogP contribution < -0.4 is 15.4 Å². The van der Waals surface area contributed by atoms with E-state index in [-0.39, 0.29) is 18.6 Å². The second kappa shape index (κ2) is 8.61. The summed E-state index contributed by atoms with van der Waals surface area (Å²) in [5.74, 6) is 0.962. The first-order chi connectivity index (χ1) is 13.5. The fourth-order valence-corrected chi connectivity index (χ4v) is 2.65. The minimum Gasteiger partial charge on any atom is -0.426 e. The van der Waals surface area contributed by atoms with Gasteiger partial charge in [-0.15, -0.1) is 5.10 Å². The zero-order valence-electron chi connectivity index (χ0n) is 16.0. The largest absolute Gasteiger partial charge is 0.426 e. The number of aliphatic hydroxyl groups is 1. The molecule has 28 heavy (non-hydrogen) atoms. The molecule has 3 N–H and O–H groups in total. The maximum Gasteiger partial charge on any atom is 0.308 e. The molecule has 0 aliphatic carbocycles. The maximum atomic E-state index is 11.3. The molecule has 0 aliphatic rings. The van der Waals surface area contributed by atoms with Crippen molar-refractivity contribution >= 4 is 28.9 Å². The van der Waals surface area contributed by atoms with E-state index in [0.717, 1.165) is 12.0 Å². The molecule has 0 spiro atoms. The van der Waals surface area contributed by atoms with Crippen LogP contribution in [0.25, 0.3) is 11.2 Å². The third-order valence-corrected chi connectivity index (χ3v) is 4.17. The molecule has 10 nitrogen and oxygen atoms in total. The summed E-state index contributed by atoms with van der Waals surface area (Å²) in [7, 11) is 1.75. The molecule has 0 fully saturated rings. The summed E-state index contributed by atoms with van der Waals surface area (Å²) in [5, 5.41) is 23.9. The number of benzene rings is 1. The van der Waals surface area contributed by atoms with Gasteiger partial charge in [0.25, 0.3) is 0 Å². The number of nitrogens with one attached hydrogen (secondary N) is 2. The Hall–Kier alpha value is -3.27. The van der Waals surface area contributed by atoms with Gasteiger partial charge in [0, 0.05) is 26.1 Å². The summed E-state index contributed by atoms with van der Waals surface area (Å²) < 4.78 is 6.80. The highest BCUT2D eigenvalue weighted by Crippen LogP contribution is 2.23. The van der Waals surface area contributed by atoms with Gasteiger partial charge in [-0.2, -0.15) is 9.97 Å². The molecular formula is C18H23N7O3. The lowest BCUT2D eigenvalue weighted by Crippen LogP contribution is -2.24. The van der Waals surface area contributed by atoms with Crippen LogP contribution in [0.15, 0.2) is 24.3 Å². The second-order valence-electron chi connectivity index (χ2n) is 6.27. The summed E-state index contributed by atoms with van der Waals surface area (Å²) in [4.78, 5) is 20.2. The van der Waals surface area contributed by atoms with Crippen LogP contribution in [-0.4, -0.2) is 48.7 Å². The van der Waals surface area contributed by atoms with Gasteiger partial charge in [0.2, 0.25) is 5.95 Å². The Morgan fingerprint density at radius 1 is 1.32 bits per heavy atom. The molecule has 1 atom stereocenters. The third kappa shape index (κ3) is 4.34. The van der Waals surface area contributed by atoms with Crippen LogP contribution in [0.1, 0.15) is 25.8 Å². The van der Waals surface area contributed by atoms with Crippen molar-refractivity contribution in [1.82, 2.24) is 25.0 Å². The highest BCUT2D eigenvalue weighted by molar-refractivity contribution is 5.83. The molecule has 1 aromatic carbocycles. The van der Waals surface area contributed by atoms with E-state index >= 15 is 0 Å². The number of aromatic nitrogens is 5. The molecule has 3 aromatic rings. The molecule has 2 heterocycles. The summed E-state index contributed by atoms with van der Waals surface area (Å²) in [6.45, 7) is 3.66. The number of hydrogen-bond donors (Lipinski definition) is 3. The third-order valence-electron chi connectivity index (χ3n) is 4.17. The molecule has 3 rings (SSSR count). The predicted octanol–water partition coefficient (Wildman–Crippen LogP) is 1.48. The Labute approximate surface area is 161 Å². The average Bonchev–Trinajstić information content (AvgIpc) is 3.06. The first-order valence-corrected chi connectivity index (χ1v) is 8.96. The minimum atomic E-state index is -0.383. The molecule has 10 heteroatoms. The van der Waals surface area contributed by atoms with Crippen molar-refractivity contribution in [2.75, 3.05) is 17.2 Å². The number of aryl methyl sites for hydroxylation is 1. The minimum absolute atomic E-state index is 0.0277. The smallest absolute Gasteiger partial charge is 0.308 e. The number of rotatable bonds is 8. The van der Waals surface area contributed by atoms with Crippen LogP contribution in [0, 0.1) is 0 Å². The average molecular weight is 385 g/mol. The zero-order chi connectivity index (χ0) is 20.1. The normalized spacial score (nSPS) is 12.0. The number of nitrogens with zero attached hydrogens (tertiary/aromatic N) is 5. The SMILES string of the molecule is CCC(CO)Nc1nc(NCc2ccccc2OC(C)=O)c2nnn(C)c2n1. The number of esters is 1. The topological polar surface area (TPSA) is 127 Å². The molecule has 0 amide bonds. The molecule has 148 valence electrons. The Kier molecular flexibility index (Phi) is 5.99. The zero-order valence-corrected chi connectivity index (χ0v) is 16.0. The Morgan fingerprint density at radius 3 is 2.82 bits per heavy atom. The number of fused-ring (bicyclic) bond motifs is 1. The van der Waals surface area contributed by atoms with E-state index in [9.17, 15) is 9.90 Å². The quantitative estimate of drug-likeness (QED) is 0.390. The van der Waals surface area contributed by atoms with Crippen molar-refractivity contribution in [3.05, 3.63) is 29.8 Å². The standard InChI is InChI=1S/C18H23N7O3/c1-4-13(10-26)20-18-21-16(15-17(22-18)25(3)24-23-15)19-9-12-7-5-6-8-14(12)28-11(2)27/h5-8,13,26H,4,9-10H2,1-3H3,(H2,19,20,21,22). The van der Waals surface area contributed by atoms with Gasteiger partial charge in [0.05, 0.1) is 12.6 Å². The van der Waals surface area contributed by atoms with Crippen LogP contribution in [0.3, 0.4) is 0 Å². The molecule has 2 aromatic heterocycles. The number of carbonyl (C=O) groups excluding carboxylic acids is 1. The number of ether oxygens (including phenoxy) is 1. The molecule has 0 radical (unpaired) electrons. The number of hydrogen-bond acceptors (Lipinski definition) is 9. The fraction of sp³-hybridized carbons (Fsp3) is 0.389. The highest BCUT2D eigenvalue weighted by Gasteiger charge is 2.16. The van der Waals surface area contributed by atoms with E-state index in [1.165, 1.54) is 6.92 Å². The van der Waals surface area contributed by atoms with Crippen molar-refractivity contribution in [2.24, 2.45) is 7.05 Å². The first-order valence-electron chi connectivity index (χ1n) is 8.96. The first kappa shape index (κ1) is 19.5. The van der Waals surface area contributed by atoms with E-state index in [0.29, 0.717) is 35.2 Å².